The van der Waals surface area contributed by atoms with Crippen molar-refractivity contribution in [2.24, 2.45) is 0 Å². The number of ether oxygens (including phenoxy) is 1. The van der Waals surface area contributed by atoms with Crippen LogP contribution in [0.4, 0.5) is 16.2 Å². The lowest BCUT2D eigenvalue weighted by atomic mass is 10.2. The molecule has 0 radical (unpaired) electrons. The molecule has 0 aliphatic rings. The van der Waals surface area contributed by atoms with Crippen LogP contribution in [0.1, 0.15) is 30.3 Å². The number of methoxy groups -OCH3 is 1. The number of amides is 2. The van der Waals surface area contributed by atoms with E-state index in [4.69, 9.17) is 0 Å². The average Bonchev–Trinajstić information content (AvgIpc) is 2.66. The summed E-state index contributed by atoms with van der Waals surface area (Å²) in [6.07, 6.45) is 1.25. The minimum Gasteiger partial charge on any atom is -0.452 e. The molecule has 1 aromatic heterocycles. The van der Waals surface area contributed by atoms with Crippen LogP contribution < -0.4 is 15.8 Å². The molecule has 2 rings (SSSR count). The molecule has 0 atom stereocenters. The molecular weight excluding hydrogens is 336 g/mol. The molecule has 0 saturated heterocycles. The number of rotatable bonds is 6. The van der Waals surface area contributed by atoms with Gasteiger partial charge in [0, 0.05) is 31.0 Å². The van der Waals surface area contributed by atoms with Crippen molar-refractivity contribution >= 4 is 23.4 Å². The number of unbranched alkanes of at least 4 members (excludes halogenated alkanes) is 1. The number of carbonyl (C=O) groups is 2. The third-order valence-electron chi connectivity index (χ3n) is 3.78. The van der Waals surface area contributed by atoms with Crippen molar-refractivity contribution in [2.75, 3.05) is 24.4 Å². The summed E-state index contributed by atoms with van der Waals surface area (Å²) in [4.78, 5) is 37.0. The topological polar surface area (TPSA) is 93.5 Å². The van der Waals surface area contributed by atoms with Crippen molar-refractivity contribution in [3.8, 4) is 0 Å². The summed E-state index contributed by atoms with van der Waals surface area (Å²) >= 11 is 0. The van der Waals surface area contributed by atoms with Crippen molar-refractivity contribution in [2.45, 2.75) is 26.3 Å². The Morgan fingerprint density at radius 1 is 1.19 bits per heavy atom. The van der Waals surface area contributed by atoms with E-state index in [0.717, 1.165) is 12.8 Å². The smallest absolute Gasteiger partial charge is 0.413 e. The zero-order chi connectivity index (χ0) is 19.1. The number of carbonyl (C=O) groups excluding carboxylic acids is 2. The second kappa shape index (κ2) is 8.80. The minimum atomic E-state index is -0.486. The quantitative estimate of drug-likeness (QED) is 0.856. The number of nitrogens with zero attached hydrogens (tertiary/aromatic N) is 3. The van der Waals surface area contributed by atoms with Crippen LogP contribution in [0, 0.1) is 0 Å². The fourth-order valence-corrected chi connectivity index (χ4v) is 2.24. The maximum atomic E-state index is 12.4. The highest BCUT2D eigenvalue weighted by atomic mass is 16.5. The van der Waals surface area contributed by atoms with Gasteiger partial charge in [-0.25, -0.2) is 9.48 Å². The van der Waals surface area contributed by atoms with E-state index < -0.39 is 12.0 Å². The van der Waals surface area contributed by atoms with Crippen LogP contribution in [0.2, 0.25) is 0 Å². The predicted molar refractivity (Wildman–Crippen MR) is 98.6 cm³/mol. The van der Waals surface area contributed by atoms with E-state index in [9.17, 15) is 14.4 Å². The third kappa shape index (κ3) is 4.69. The first-order chi connectivity index (χ1) is 12.5. The Kier molecular flexibility index (Phi) is 6.48. The molecule has 2 aromatic rings. The van der Waals surface area contributed by atoms with Gasteiger partial charge in [0.15, 0.2) is 0 Å². The highest BCUT2D eigenvalue weighted by molar-refractivity contribution is 6.02. The fourth-order valence-electron chi connectivity index (χ4n) is 2.24. The summed E-state index contributed by atoms with van der Waals surface area (Å²) in [5.41, 5.74) is 1.10. The molecule has 138 valence electrons. The normalized spacial score (nSPS) is 10.3. The van der Waals surface area contributed by atoms with Gasteiger partial charge < -0.3 is 10.1 Å². The van der Waals surface area contributed by atoms with Crippen molar-refractivity contribution < 1.29 is 14.3 Å². The zero-order valence-electron chi connectivity index (χ0n) is 15.1. The second-order valence-corrected chi connectivity index (χ2v) is 5.66. The van der Waals surface area contributed by atoms with Gasteiger partial charge >= 0.3 is 6.09 Å². The molecule has 8 heteroatoms. The summed E-state index contributed by atoms with van der Waals surface area (Å²) in [7, 11) is 2.89. The van der Waals surface area contributed by atoms with Gasteiger partial charge in [-0.2, -0.15) is 5.10 Å². The maximum absolute atomic E-state index is 12.4. The number of hydrogen-bond donors (Lipinski definition) is 1. The molecule has 0 saturated carbocycles. The molecule has 0 unspecified atom stereocenters. The van der Waals surface area contributed by atoms with Crippen LogP contribution in [-0.2, 0) is 11.3 Å². The van der Waals surface area contributed by atoms with Crippen LogP contribution in [0.25, 0.3) is 0 Å². The highest BCUT2D eigenvalue weighted by Gasteiger charge is 2.12. The predicted octanol–water partition coefficient (Wildman–Crippen LogP) is 2.50. The molecule has 1 N–H and O–H groups in total. The Balaban J connectivity index is 2.10. The largest absolute Gasteiger partial charge is 0.452 e. The molecule has 0 spiro atoms. The first-order valence-corrected chi connectivity index (χ1v) is 8.27. The molecular formula is C18H22N4O4. The number of hydrogen-bond acceptors (Lipinski definition) is 5. The Bertz CT molecular complexity index is 830. The van der Waals surface area contributed by atoms with Crippen LogP contribution >= 0.6 is 0 Å². The first kappa shape index (κ1) is 19.2. The highest BCUT2D eigenvalue weighted by Crippen LogP contribution is 2.17. The van der Waals surface area contributed by atoms with Gasteiger partial charge in [-0.3, -0.25) is 14.5 Å². The number of anilines is 2. The Labute approximate surface area is 151 Å². The van der Waals surface area contributed by atoms with E-state index in [-0.39, 0.29) is 11.3 Å². The Morgan fingerprint density at radius 3 is 2.50 bits per heavy atom. The fraction of sp³-hybridized carbons (Fsp3) is 0.333. The SMILES string of the molecule is CCCCn1nc(C(=O)Nc2ccc(N(C)C(=O)OC)cc2)ccc1=O. The number of aryl methyl sites for hydroxylation is 1. The lowest BCUT2D eigenvalue weighted by Crippen LogP contribution is -2.26. The van der Waals surface area contributed by atoms with Crippen molar-refractivity contribution in [3.05, 3.63) is 52.4 Å². The summed E-state index contributed by atoms with van der Waals surface area (Å²) in [5.74, 6) is -0.413. The molecule has 0 fully saturated rings. The number of aromatic nitrogens is 2. The van der Waals surface area contributed by atoms with Gasteiger partial charge in [-0.15, -0.1) is 0 Å². The van der Waals surface area contributed by atoms with Crippen molar-refractivity contribution in [1.29, 1.82) is 0 Å². The number of nitrogens with one attached hydrogen (secondary N) is 1. The lowest BCUT2D eigenvalue weighted by Gasteiger charge is -2.16. The minimum absolute atomic E-state index is 0.163. The van der Waals surface area contributed by atoms with E-state index in [2.05, 4.69) is 15.2 Å². The Hall–Kier alpha value is -3.16. The third-order valence-corrected chi connectivity index (χ3v) is 3.78. The van der Waals surface area contributed by atoms with Crippen molar-refractivity contribution in [3.63, 3.8) is 0 Å². The zero-order valence-corrected chi connectivity index (χ0v) is 15.1. The van der Waals surface area contributed by atoms with E-state index >= 15 is 0 Å². The molecule has 1 heterocycles. The summed E-state index contributed by atoms with van der Waals surface area (Å²) in [6.45, 7) is 2.49. The standard InChI is InChI=1S/C18H22N4O4/c1-4-5-12-22-16(23)11-10-15(20-22)17(24)19-13-6-8-14(9-7-13)21(2)18(25)26-3/h6-11H,4-5,12H2,1-3H3,(H,19,24). The molecule has 8 nitrogen and oxygen atoms in total. The Morgan fingerprint density at radius 2 is 1.88 bits per heavy atom. The summed E-state index contributed by atoms with van der Waals surface area (Å²) in [5, 5.41) is 6.83. The molecule has 2 amide bonds. The van der Waals surface area contributed by atoms with Gasteiger partial charge in [-0.1, -0.05) is 13.3 Å². The average molecular weight is 358 g/mol. The number of benzene rings is 1. The van der Waals surface area contributed by atoms with Crippen LogP contribution in [0.3, 0.4) is 0 Å². The van der Waals surface area contributed by atoms with Gasteiger partial charge in [-0.05, 0) is 36.8 Å². The van der Waals surface area contributed by atoms with Gasteiger partial charge in [0.1, 0.15) is 5.69 Å². The summed E-state index contributed by atoms with van der Waals surface area (Å²) < 4.78 is 5.95. The maximum Gasteiger partial charge on any atom is 0.413 e. The second-order valence-electron chi connectivity index (χ2n) is 5.66. The van der Waals surface area contributed by atoms with Crippen LogP contribution in [0.5, 0.6) is 0 Å². The summed E-state index contributed by atoms with van der Waals surface area (Å²) in [6, 6.07) is 9.44. The van der Waals surface area contributed by atoms with E-state index in [0.29, 0.717) is 17.9 Å². The van der Waals surface area contributed by atoms with E-state index in [1.54, 1.807) is 31.3 Å². The van der Waals surface area contributed by atoms with E-state index in [1.807, 2.05) is 6.92 Å². The molecule has 26 heavy (non-hydrogen) atoms. The molecule has 0 aliphatic heterocycles. The van der Waals surface area contributed by atoms with Gasteiger partial charge in [0.25, 0.3) is 11.5 Å². The molecule has 1 aromatic carbocycles. The van der Waals surface area contributed by atoms with Crippen LogP contribution in [-0.4, -0.2) is 35.9 Å². The first-order valence-electron chi connectivity index (χ1n) is 8.27. The van der Waals surface area contributed by atoms with E-state index in [1.165, 1.54) is 28.8 Å². The van der Waals surface area contributed by atoms with Crippen molar-refractivity contribution in [1.82, 2.24) is 9.78 Å². The van der Waals surface area contributed by atoms with Crippen LogP contribution in [0.15, 0.2) is 41.2 Å². The monoisotopic (exact) mass is 358 g/mol. The molecule has 0 bridgehead atoms. The van der Waals surface area contributed by atoms with Gasteiger partial charge in [0.05, 0.1) is 7.11 Å². The van der Waals surface area contributed by atoms with Gasteiger partial charge in [0.2, 0.25) is 0 Å². The molecule has 0 aliphatic carbocycles. The lowest BCUT2D eigenvalue weighted by molar-refractivity contribution is 0.101.